The molecule has 0 aliphatic carbocycles. The van der Waals surface area contributed by atoms with Crippen LogP contribution in [-0.2, 0) is 0 Å². The van der Waals surface area contributed by atoms with E-state index in [4.69, 9.17) is 9.47 Å². The first kappa shape index (κ1) is 16.1. The molecule has 2 heterocycles. The number of benzene rings is 2. The van der Waals surface area contributed by atoms with Crippen molar-refractivity contribution in [2.45, 2.75) is 0 Å². The van der Waals surface area contributed by atoms with Crippen molar-refractivity contribution < 1.29 is 9.47 Å². The Labute approximate surface area is 152 Å². The second-order valence-electron chi connectivity index (χ2n) is 6.03. The molecule has 2 N–H and O–H groups in total. The summed E-state index contributed by atoms with van der Waals surface area (Å²) in [6, 6.07) is 20.4. The molecule has 4 rings (SSSR count). The van der Waals surface area contributed by atoms with Gasteiger partial charge in [0, 0.05) is 18.0 Å². The largest absolute Gasteiger partial charge is 0.497 e. The molecule has 0 atom stereocenters. The fraction of sp³-hybridized carbons (Fsp3) is 0.0909. The highest BCUT2D eigenvalue weighted by Crippen LogP contribution is 2.33. The van der Waals surface area contributed by atoms with Crippen molar-refractivity contribution in [1.29, 1.82) is 0 Å². The summed E-state index contributed by atoms with van der Waals surface area (Å²) in [5, 5.41) is 0. The number of ether oxygens (including phenoxy) is 2. The lowest BCUT2D eigenvalue weighted by atomic mass is 10.0. The van der Waals surface area contributed by atoms with E-state index >= 15 is 0 Å². The topological polar surface area (TPSA) is 50.0 Å². The molecule has 0 amide bonds. The predicted molar refractivity (Wildman–Crippen MR) is 105 cm³/mol. The molecule has 4 nitrogen and oxygen atoms in total. The highest BCUT2D eigenvalue weighted by Gasteiger charge is 2.11. The molecule has 0 saturated heterocycles. The monoisotopic (exact) mass is 344 g/mol. The number of hydrogen-bond acceptors (Lipinski definition) is 2. The van der Waals surface area contributed by atoms with E-state index in [0.29, 0.717) is 0 Å². The van der Waals surface area contributed by atoms with Crippen molar-refractivity contribution in [3.8, 4) is 45.1 Å². The Morgan fingerprint density at radius 1 is 0.654 bits per heavy atom. The molecule has 0 aliphatic heterocycles. The molecule has 130 valence electrons. The number of nitrogens with one attached hydrogen (secondary N) is 2. The Morgan fingerprint density at radius 3 is 1.88 bits per heavy atom. The third-order valence-electron chi connectivity index (χ3n) is 4.52. The van der Waals surface area contributed by atoms with Gasteiger partial charge in [-0.2, -0.15) is 0 Å². The van der Waals surface area contributed by atoms with Crippen molar-refractivity contribution >= 4 is 0 Å². The minimum Gasteiger partial charge on any atom is -0.497 e. The van der Waals surface area contributed by atoms with Gasteiger partial charge in [0.15, 0.2) is 0 Å². The Bertz CT molecular complexity index is 995. The summed E-state index contributed by atoms with van der Waals surface area (Å²) < 4.78 is 10.5. The lowest BCUT2D eigenvalue weighted by molar-refractivity contribution is 0.415. The van der Waals surface area contributed by atoms with Crippen LogP contribution in [0.2, 0.25) is 0 Å². The fourth-order valence-corrected chi connectivity index (χ4v) is 3.09. The van der Waals surface area contributed by atoms with E-state index in [-0.39, 0.29) is 0 Å². The van der Waals surface area contributed by atoms with E-state index in [1.807, 2.05) is 36.7 Å². The van der Waals surface area contributed by atoms with Gasteiger partial charge in [-0.3, -0.25) is 0 Å². The minimum absolute atomic E-state index is 0.854. The number of H-pyrrole nitrogens is 2. The van der Waals surface area contributed by atoms with Crippen LogP contribution in [0.15, 0.2) is 73.1 Å². The molecule has 4 aromatic rings. The van der Waals surface area contributed by atoms with Crippen LogP contribution in [0.5, 0.6) is 11.5 Å². The van der Waals surface area contributed by atoms with E-state index < -0.39 is 0 Å². The number of hydrogen-bond donors (Lipinski definition) is 2. The number of methoxy groups -OCH3 is 2. The van der Waals surface area contributed by atoms with E-state index in [0.717, 1.165) is 45.1 Å². The standard InChI is InChI=1S/C22H20N2O2/c1-25-18-7-3-15(4-8-18)17-13-21(24-14-17)22-20(11-12-23-22)16-5-9-19(26-2)10-6-16/h3-14,23-24H,1-2H3. The van der Waals surface area contributed by atoms with Gasteiger partial charge >= 0.3 is 0 Å². The first-order valence-corrected chi connectivity index (χ1v) is 8.43. The molecule has 0 radical (unpaired) electrons. The molecule has 0 bridgehead atoms. The van der Waals surface area contributed by atoms with E-state index in [1.54, 1.807) is 14.2 Å². The molecule has 4 heteroatoms. The molecule has 0 fully saturated rings. The quantitative estimate of drug-likeness (QED) is 0.512. The van der Waals surface area contributed by atoms with Gasteiger partial charge in [0.2, 0.25) is 0 Å². The highest BCUT2D eigenvalue weighted by atomic mass is 16.5. The Kier molecular flexibility index (Phi) is 4.23. The Balaban J connectivity index is 1.66. The maximum atomic E-state index is 5.25. The third kappa shape index (κ3) is 2.97. The molecule has 0 unspecified atom stereocenters. The van der Waals surface area contributed by atoms with Gasteiger partial charge in [0.1, 0.15) is 11.5 Å². The Morgan fingerprint density at radius 2 is 1.27 bits per heavy atom. The van der Waals surface area contributed by atoms with Crippen molar-refractivity contribution in [1.82, 2.24) is 9.97 Å². The number of aromatic amines is 2. The Hall–Kier alpha value is -3.40. The normalized spacial score (nSPS) is 10.7. The predicted octanol–water partition coefficient (Wildman–Crippen LogP) is 5.36. The van der Waals surface area contributed by atoms with Crippen LogP contribution in [-0.4, -0.2) is 24.2 Å². The summed E-state index contributed by atoms with van der Waals surface area (Å²) in [4.78, 5) is 6.73. The molecule has 2 aromatic carbocycles. The van der Waals surface area contributed by atoms with Gasteiger partial charge in [-0.05, 0) is 53.1 Å². The number of aromatic nitrogens is 2. The first-order valence-electron chi connectivity index (χ1n) is 8.43. The zero-order valence-electron chi connectivity index (χ0n) is 14.7. The van der Waals surface area contributed by atoms with E-state index in [1.165, 1.54) is 0 Å². The zero-order chi connectivity index (χ0) is 17.9. The zero-order valence-corrected chi connectivity index (χ0v) is 14.7. The van der Waals surface area contributed by atoms with Crippen LogP contribution in [0, 0.1) is 0 Å². The molecule has 26 heavy (non-hydrogen) atoms. The number of rotatable bonds is 5. The van der Waals surface area contributed by atoms with Gasteiger partial charge in [0.05, 0.1) is 25.6 Å². The van der Waals surface area contributed by atoms with Crippen molar-refractivity contribution in [2.24, 2.45) is 0 Å². The molecule has 2 aromatic heterocycles. The van der Waals surface area contributed by atoms with Crippen LogP contribution >= 0.6 is 0 Å². The first-order chi connectivity index (χ1) is 12.8. The van der Waals surface area contributed by atoms with E-state index in [9.17, 15) is 0 Å². The van der Waals surface area contributed by atoms with Crippen LogP contribution in [0.3, 0.4) is 0 Å². The summed E-state index contributed by atoms with van der Waals surface area (Å²) in [6.45, 7) is 0. The highest BCUT2D eigenvalue weighted by molar-refractivity contribution is 5.82. The summed E-state index contributed by atoms with van der Waals surface area (Å²) in [7, 11) is 3.35. The molecule has 0 spiro atoms. The van der Waals surface area contributed by atoms with Crippen molar-refractivity contribution in [3.05, 3.63) is 73.1 Å². The fourth-order valence-electron chi connectivity index (χ4n) is 3.09. The second-order valence-corrected chi connectivity index (χ2v) is 6.03. The van der Waals surface area contributed by atoms with E-state index in [2.05, 4.69) is 46.4 Å². The summed E-state index contributed by atoms with van der Waals surface area (Å²) in [5.74, 6) is 1.71. The summed E-state index contributed by atoms with van der Waals surface area (Å²) in [5.41, 5.74) is 6.68. The van der Waals surface area contributed by atoms with Crippen molar-refractivity contribution in [3.63, 3.8) is 0 Å². The van der Waals surface area contributed by atoms with Crippen LogP contribution in [0.4, 0.5) is 0 Å². The lowest BCUT2D eigenvalue weighted by Crippen LogP contribution is -1.84. The molecule has 0 aliphatic rings. The molecular weight excluding hydrogens is 324 g/mol. The van der Waals surface area contributed by atoms with Gasteiger partial charge in [-0.15, -0.1) is 0 Å². The average molecular weight is 344 g/mol. The average Bonchev–Trinajstić information content (AvgIpc) is 3.37. The summed E-state index contributed by atoms with van der Waals surface area (Å²) >= 11 is 0. The van der Waals surface area contributed by atoms with Gasteiger partial charge in [-0.25, -0.2) is 0 Å². The van der Waals surface area contributed by atoms with Crippen LogP contribution in [0.1, 0.15) is 0 Å². The third-order valence-corrected chi connectivity index (χ3v) is 4.52. The SMILES string of the molecule is COc1ccc(-c2c[nH]c(-c3[nH]ccc3-c3ccc(OC)cc3)c2)cc1. The minimum atomic E-state index is 0.854. The van der Waals surface area contributed by atoms with Gasteiger partial charge in [0.25, 0.3) is 0 Å². The molecule has 0 saturated carbocycles. The van der Waals surface area contributed by atoms with Gasteiger partial charge in [-0.1, -0.05) is 24.3 Å². The second kappa shape index (κ2) is 6.84. The van der Waals surface area contributed by atoms with Crippen LogP contribution in [0.25, 0.3) is 33.6 Å². The maximum Gasteiger partial charge on any atom is 0.118 e. The maximum absolute atomic E-state index is 5.25. The van der Waals surface area contributed by atoms with Crippen molar-refractivity contribution in [2.75, 3.05) is 14.2 Å². The summed E-state index contributed by atoms with van der Waals surface area (Å²) in [6.07, 6.45) is 3.98. The van der Waals surface area contributed by atoms with Crippen LogP contribution < -0.4 is 9.47 Å². The smallest absolute Gasteiger partial charge is 0.118 e. The lowest BCUT2D eigenvalue weighted by Gasteiger charge is -2.05. The van der Waals surface area contributed by atoms with Gasteiger partial charge < -0.3 is 19.4 Å². The molecular formula is C22H20N2O2.